The molecule has 0 aromatic carbocycles. The standard InChI is InChI=1S/C63H121NO10/c1-3-5-7-9-11-13-15-17-19-21-23-25-26-27-28-29-30-31-33-35-37-39-41-43-45-47-49-51-56(67)62(72)64-54(53-73-63-61(71)60(70)59(69)57(52-65)74-63)58(68)55(66)50-48-46-44-42-40-38-36-34-32-24-22-20-18-16-14-12-10-8-6-4-2/h34,36,42,44,54-61,63,65-71H,3-33,35,37-41,43,45-53H2,1-2H3,(H,64,72)/b36-34+,44-42+. The molecule has 1 saturated heterocycles. The molecule has 11 heteroatoms. The van der Waals surface area contributed by atoms with Gasteiger partial charge in [-0.3, -0.25) is 4.79 Å². The summed E-state index contributed by atoms with van der Waals surface area (Å²) in [4.78, 5) is 13.2. The molecule has 0 spiro atoms. The van der Waals surface area contributed by atoms with Gasteiger partial charge in [-0.2, -0.15) is 0 Å². The molecule has 0 aliphatic carbocycles. The molecule has 74 heavy (non-hydrogen) atoms. The van der Waals surface area contributed by atoms with E-state index in [2.05, 4.69) is 43.5 Å². The van der Waals surface area contributed by atoms with Gasteiger partial charge in [0.05, 0.1) is 25.4 Å². The highest BCUT2D eigenvalue weighted by Gasteiger charge is 2.44. The van der Waals surface area contributed by atoms with Crippen molar-refractivity contribution in [3.8, 4) is 0 Å². The van der Waals surface area contributed by atoms with E-state index in [9.17, 15) is 40.5 Å². The van der Waals surface area contributed by atoms with E-state index in [1.807, 2.05) is 0 Å². The van der Waals surface area contributed by atoms with Gasteiger partial charge in [-0.1, -0.05) is 276 Å². The van der Waals surface area contributed by atoms with E-state index in [-0.39, 0.29) is 12.8 Å². The maximum Gasteiger partial charge on any atom is 0.249 e. The summed E-state index contributed by atoms with van der Waals surface area (Å²) < 4.78 is 11.1. The molecule has 1 aliphatic rings. The summed E-state index contributed by atoms with van der Waals surface area (Å²) in [6.45, 7) is 3.48. The minimum Gasteiger partial charge on any atom is -0.394 e. The van der Waals surface area contributed by atoms with Crippen LogP contribution >= 0.6 is 0 Å². The Morgan fingerprint density at radius 1 is 0.459 bits per heavy atom. The minimum atomic E-state index is -1.67. The lowest BCUT2D eigenvalue weighted by molar-refractivity contribution is -0.303. The first-order valence-corrected chi connectivity index (χ1v) is 31.7. The van der Waals surface area contributed by atoms with Crippen LogP contribution in [0.25, 0.3) is 0 Å². The average Bonchev–Trinajstić information content (AvgIpc) is 3.40. The second kappa shape index (κ2) is 52.3. The van der Waals surface area contributed by atoms with Gasteiger partial charge in [0.25, 0.3) is 0 Å². The van der Waals surface area contributed by atoms with Crippen molar-refractivity contribution < 1.29 is 50.0 Å². The predicted molar refractivity (Wildman–Crippen MR) is 307 cm³/mol. The Morgan fingerprint density at radius 3 is 1.20 bits per heavy atom. The van der Waals surface area contributed by atoms with Crippen LogP contribution in [0.2, 0.25) is 0 Å². The zero-order valence-corrected chi connectivity index (χ0v) is 48.1. The maximum atomic E-state index is 13.2. The van der Waals surface area contributed by atoms with Crippen molar-refractivity contribution in [2.24, 2.45) is 0 Å². The largest absolute Gasteiger partial charge is 0.394 e. The number of nitrogens with one attached hydrogen (secondary N) is 1. The van der Waals surface area contributed by atoms with Crippen molar-refractivity contribution in [3.05, 3.63) is 24.3 Å². The fourth-order valence-corrected chi connectivity index (χ4v) is 10.3. The minimum absolute atomic E-state index is 0.249. The molecule has 1 rings (SSSR count). The topological polar surface area (TPSA) is 189 Å². The van der Waals surface area contributed by atoms with Gasteiger partial charge >= 0.3 is 0 Å². The summed E-state index contributed by atoms with van der Waals surface area (Å²) in [5.74, 6) is -0.704. The fraction of sp³-hybridized carbons (Fsp3) is 0.921. The molecule has 1 heterocycles. The highest BCUT2D eigenvalue weighted by molar-refractivity contribution is 5.80. The zero-order valence-electron chi connectivity index (χ0n) is 48.1. The van der Waals surface area contributed by atoms with Gasteiger partial charge in [-0.15, -0.1) is 0 Å². The van der Waals surface area contributed by atoms with Gasteiger partial charge in [0.1, 0.15) is 36.6 Å². The number of aliphatic hydroxyl groups is 7. The Kier molecular flexibility index (Phi) is 49.9. The molecule has 0 saturated carbocycles. The van der Waals surface area contributed by atoms with Crippen LogP contribution in [-0.4, -0.2) is 110 Å². The van der Waals surface area contributed by atoms with Crippen LogP contribution in [0.3, 0.4) is 0 Å². The number of amides is 1. The maximum absolute atomic E-state index is 13.2. The second-order valence-corrected chi connectivity index (χ2v) is 22.5. The fourth-order valence-electron chi connectivity index (χ4n) is 10.3. The van der Waals surface area contributed by atoms with E-state index in [4.69, 9.17) is 9.47 Å². The number of ether oxygens (including phenoxy) is 2. The van der Waals surface area contributed by atoms with Crippen molar-refractivity contribution in [3.63, 3.8) is 0 Å². The summed E-state index contributed by atoms with van der Waals surface area (Å²) in [6, 6.07) is -1.19. The van der Waals surface area contributed by atoms with Crippen LogP contribution in [-0.2, 0) is 14.3 Å². The smallest absolute Gasteiger partial charge is 0.249 e. The number of hydrogen-bond acceptors (Lipinski definition) is 10. The molecule has 438 valence electrons. The predicted octanol–water partition coefficient (Wildman–Crippen LogP) is 14.1. The number of allylic oxidation sites excluding steroid dienone is 4. The van der Waals surface area contributed by atoms with Gasteiger partial charge < -0.3 is 50.5 Å². The Morgan fingerprint density at radius 2 is 0.811 bits per heavy atom. The van der Waals surface area contributed by atoms with E-state index in [0.717, 1.165) is 38.5 Å². The van der Waals surface area contributed by atoms with Crippen LogP contribution in [0.5, 0.6) is 0 Å². The van der Waals surface area contributed by atoms with Crippen LogP contribution in [0.1, 0.15) is 303 Å². The van der Waals surface area contributed by atoms with Gasteiger partial charge in [-0.05, 0) is 51.4 Å². The highest BCUT2D eigenvalue weighted by atomic mass is 16.7. The van der Waals surface area contributed by atoms with Gasteiger partial charge in [0, 0.05) is 0 Å². The molecule has 0 radical (unpaired) electrons. The normalized spacial score (nSPS) is 19.9. The number of rotatable bonds is 55. The Hall–Kier alpha value is -1.41. The number of carbonyl (C=O) groups excluding carboxylic acids is 1. The third-order valence-electron chi connectivity index (χ3n) is 15.5. The first-order chi connectivity index (χ1) is 36.2. The van der Waals surface area contributed by atoms with E-state index < -0.39 is 74.2 Å². The van der Waals surface area contributed by atoms with Crippen molar-refractivity contribution in [2.45, 2.75) is 358 Å². The lowest BCUT2D eigenvalue weighted by atomic mass is 9.98. The van der Waals surface area contributed by atoms with Gasteiger partial charge in [0.2, 0.25) is 5.91 Å². The van der Waals surface area contributed by atoms with E-state index in [1.165, 1.54) is 218 Å². The number of aliphatic hydroxyl groups excluding tert-OH is 7. The Balaban J connectivity index is 2.26. The molecule has 0 bridgehead atoms. The molecule has 1 amide bonds. The van der Waals surface area contributed by atoms with Crippen molar-refractivity contribution in [2.75, 3.05) is 13.2 Å². The average molecular weight is 1050 g/mol. The lowest BCUT2D eigenvalue weighted by Gasteiger charge is -2.40. The molecule has 1 aliphatic heterocycles. The van der Waals surface area contributed by atoms with Crippen LogP contribution < -0.4 is 5.32 Å². The van der Waals surface area contributed by atoms with Crippen LogP contribution in [0, 0.1) is 0 Å². The highest BCUT2D eigenvalue weighted by Crippen LogP contribution is 2.24. The molecule has 9 atom stereocenters. The second-order valence-electron chi connectivity index (χ2n) is 22.5. The zero-order chi connectivity index (χ0) is 54.0. The molecular weight excluding hydrogens is 931 g/mol. The molecular formula is C63H121NO10. The Bertz CT molecular complexity index is 1250. The third kappa shape index (κ3) is 39.9. The molecule has 9 unspecified atom stereocenters. The monoisotopic (exact) mass is 1050 g/mol. The molecule has 11 nitrogen and oxygen atoms in total. The number of carbonyl (C=O) groups is 1. The van der Waals surface area contributed by atoms with Gasteiger partial charge in [-0.25, -0.2) is 0 Å². The molecule has 0 aromatic rings. The summed E-state index contributed by atoms with van der Waals surface area (Å²) in [6.07, 6.45) is 52.5. The SMILES string of the molecule is CCCCCCCCCCCCC/C=C/CC/C=C/CCCC(O)C(O)C(COC1OC(CO)C(O)C(O)C1O)NC(=O)C(O)CCCCCCCCCCCCCCCCCCCCCCCCCCCCC. The Labute approximate surface area is 454 Å². The lowest BCUT2D eigenvalue weighted by Crippen LogP contribution is -2.60. The quantitative estimate of drug-likeness (QED) is 0.0215. The van der Waals surface area contributed by atoms with Crippen LogP contribution in [0.4, 0.5) is 0 Å². The number of unbranched alkanes of at least 4 members (excludes halogenated alkanes) is 39. The molecule has 0 aromatic heterocycles. The van der Waals surface area contributed by atoms with Crippen LogP contribution in [0.15, 0.2) is 24.3 Å². The third-order valence-corrected chi connectivity index (χ3v) is 15.5. The van der Waals surface area contributed by atoms with E-state index >= 15 is 0 Å². The molecule has 8 N–H and O–H groups in total. The summed E-state index contributed by atoms with van der Waals surface area (Å²) in [7, 11) is 0. The van der Waals surface area contributed by atoms with E-state index in [1.54, 1.807) is 0 Å². The van der Waals surface area contributed by atoms with Crippen molar-refractivity contribution >= 4 is 5.91 Å². The van der Waals surface area contributed by atoms with Crippen molar-refractivity contribution in [1.82, 2.24) is 5.32 Å². The van der Waals surface area contributed by atoms with Gasteiger partial charge in [0.15, 0.2) is 6.29 Å². The summed E-state index contributed by atoms with van der Waals surface area (Å²) >= 11 is 0. The first-order valence-electron chi connectivity index (χ1n) is 31.7. The van der Waals surface area contributed by atoms with Crippen molar-refractivity contribution in [1.29, 1.82) is 0 Å². The van der Waals surface area contributed by atoms with E-state index in [0.29, 0.717) is 19.3 Å². The number of hydrogen-bond donors (Lipinski definition) is 8. The summed E-state index contributed by atoms with van der Waals surface area (Å²) in [5, 5.41) is 76.2. The molecule has 1 fully saturated rings. The summed E-state index contributed by atoms with van der Waals surface area (Å²) in [5.41, 5.74) is 0. The first kappa shape index (κ1) is 70.6.